The number of nitrogens with one attached hydrogen (secondary N) is 1. The highest BCUT2D eigenvalue weighted by Gasteiger charge is 2.40. The summed E-state index contributed by atoms with van der Waals surface area (Å²) in [4.78, 5) is 46.4. The Balaban J connectivity index is 2.52. The fraction of sp³-hybridized carbons (Fsp3) is 0.846. The smallest absolute Gasteiger partial charge is 0.442 e. The van der Waals surface area contributed by atoms with Gasteiger partial charge in [-0.15, -0.1) is 0 Å². The Bertz CT molecular complexity index is 778. The second-order valence-corrected chi connectivity index (χ2v) is 10.0. The number of ether oxygens (including phenoxy) is 5. The number of hydrazone groups is 1. The predicted molar refractivity (Wildman–Crippen MR) is 134 cm³/mol. The largest absolute Gasteiger partial charge is 0.508 e. The lowest BCUT2D eigenvalue weighted by atomic mass is 9.77. The molecule has 0 spiro atoms. The number of carbonyl (C=O) groups excluding carboxylic acids is 4. The maximum absolute atomic E-state index is 12.5. The monoisotopic (exact) mass is 528 g/mol. The fourth-order valence-corrected chi connectivity index (χ4v) is 4.53. The molecule has 0 aromatic rings. The molecule has 11 heteroatoms. The number of hydrogen-bond acceptors (Lipinski definition) is 10. The molecule has 11 nitrogen and oxygen atoms in total. The molecule has 3 unspecified atom stereocenters. The average Bonchev–Trinajstić information content (AvgIpc) is 2.88. The van der Waals surface area contributed by atoms with Crippen LogP contribution in [0.2, 0.25) is 0 Å². The second-order valence-electron chi connectivity index (χ2n) is 10.0. The Hall–Kier alpha value is -2.81. The third-order valence-corrected chi connectivity index (χ3v) is 7.14. The first kappa shape index (κ1) is 32.2. The van der Waals surface area contributed by atoms with Crippen LogP contribution in [-0.4, -0.2) is 55.0 Å². The molecule has 0 aromatic carbocycles. The highest BCUT2D eigenvalue weighted by atomic mass is 16.8. The first-order valence-corrected chi connectivity index (χ1v) is 13.3. The third-order valence-electron chi connectivity index (χ3n) is 7.14. The lowest BCUT2D eigenvalue weighted by molar-refractivity contribution is -0.112. The van der Waals surface area contributed by atoms with E-state index in [0.717, 1.165) is 25.7 Å². The molecule has 1 saturated carbocycles. The van der Waals surface area contributed by atoms with Crippen molar-refractivity contribution >= 4 is 24.5 Å². The lowest BCUT2D eigenvalue weighted by Gasteiger charge is -2.36. The number of amides is 1. The summed E-state index contributed by atoms with van der Waals surface area (Å²) in [6.07, 6.45) is 4.68. The molecule has 1 fully saturated rings. The Morgan fingerprint density at radius 2 is 1.59 bits per heavy atom. The highest BCUT2D eigenvalue weighted by Crippen LogP contribution is 2.36. The quantitative estimate of drug-likeness (QED) is 0.0946. The van der Waals surface area contributed by atoms with Gasteiger partial charge in [-0.3, -0.25) is 0 Å². The van der Waals surface area contributed by atoms with Gasteiger partial charge in [0.25, 0.3) is 6.08 Å². The van der Waals surface area contributed by atoms with Crippen LogP contribution in [0.4, 0.5) is 14.4 Å². The van der Waals surface area contributed by atoms with Crippen molar-refractivity contribution in [1.82, 2.24) is 5.43 Å². The van der Waals surface area contributed by atoms with E-state index in [1.165, 1.54) is 6.08 Å². The molecule has 1 aliphatic carbocycles. The number of rotatable bonds is 14. The Kier molecular flexibility index (Phi) is 14.0. The summed E-state index contributed by atoms with van der Waals surface area (Å²) in [7, 11) is 0. The standard InChI is InChI=1S/C26H44N2O9/c1-7-15-33-23(31)35-21(8-2)26(6,10-4)37-24(32)34-17-20-13-11-19(12-14-20)16-25(5,9-3)36-22(30)28-27-18-29/h19-21H,7-17H2,1-6H3,(H,28,30). The Morgan fingerprint density at radius 3 is 2.14 bits per heavy atom. The zero-order valence-electron chi connectivity index (χ0n) is 23.1. The first-order valence-electron chi connectivity index (χ1n) is 13.3. The second kappa shape index (κ2) is 16.1. The van der Waals surface area contributed by atoms with Gasteiger partial charge >= 0.3 is 18.4 Å². The molecule has 0 radical (unpaired) electrons. The van der Waals surface area contributed by atoms with Crippen LogP contribution in [0.5, 0.6) is 0 Å². The molecule has 0 aromatic heterocycles. The van der Waals surface area contributed by atoms with Gasteiger partial charge < -0.3 is 23.7 Å². The summed E-state index contributed by atoms with van der Waals surface area (Å²) < 4.78 is 26.9. The van der Waals surface area contributed by atoms with Gasteiger partial charge in [-0.05, 0) is 83.5 Å². The van der Waals surface area contributed by atoms with Crippen LogP contribution in [0.25, 0.3) is 0 Å². The van der Waals surface area contributed by atoms with Gasteiger partial charge in [-0.2, -0.15) is 0 Å². The van der Waals surface area contributed by atoms with Crippen LogP contribution in [-0.2, 0) is 28.5 Å². The van der Waals surface area contributed by atoms with E-state index in [9.17, 15) is 19.2 Å². The normalized spacial score (nSPS) is 21.1. The summed E-state index contributed by atoms with van der Waals surface area (Å²) in [5.74, 6) is 0.562. The van der Waals surface area contributed by atoms with E-state index in [1.54, 1.807) is 6.92 Å². The van der Waals surface area contributed by atoms with Crippen molar-refractivity contribution in [3.8, 4) is 0 Å². The van der Waals surface area contributed by atoms with Gasteiger partial charge in [0.05, 0.1) is 13.2 Å². The predicted octanol–water partition coefficient (Wildman–Crippen LogP) is 5.99. The summed E-state index contributed by atoms with van der Waals surface area (Å²) in [6, 6.07) is 0. The molecular formula is C26H44N2O9. The molecule has 0 bridgehead atoms. The SMILES string of the molecule is CCCOC(=O)OC(CC)C(C)(CC)OC(=O)OCC1CCC(CC(C)(CC)OC(=O)NN=C=O)CC1. The number of hydrogen-bond donors (Lipinski definition) is 1. The van der Waals surface area contributed by atoms with Gasteiger partial charge in [0.1, 0.15) is 17.3 Å². The summed E-state index contributed by atoms with van der Waals surface area (Å²) >= 11 is 0. The van der Waals surface area contributed by atoms with Crippen LogP contribution in [0, 0.1) is 11.8 Å². The zero-order chi connectivity index (χ0) is 27.9. The minimum atomic E-state index is -1.04. The van der Waals surface area contributed by atoms with Gasteiger partial charge in [-0.25, -0.2) is 24.6 Å². The lowest BCUT2D eigenvalue weighted by Crippen LogP contribution is -2.46. The van der Waals surface area contributed by atoms with Crippen LogP contribution < -0.4 is 5.43 Å². The summed E-state index contributed by atoms with van der Waals surface area (Å²) in [5.41, 5.74) is 0.277. The molecule has 0 heterocycles. The van der Waals surface area contributed by atoms with E-state index in [1.807, 2.05) is 40.0 Å². The van der Waals surface area contributed by atoms with Gasteiger partial charge in [-0.1, -0.05) is 32.8 Å². The molecule has 0 saturated heterocycles. The van der Waals surface area contributed by atoms with Crippen LogP contribution in [0.15, 0.2) is 5.10 Å². The van der Waals surface area contributed by atoms with E-state index in [4.69, 9.17) is 23.7 Å². The third kappa shape index (κ3) is 11.4. The van der Waals surface area contributed by atoms with Crippen LogP contribution >= 0.6 is 0 Å². The van der Waals surface area contributed by atoms with E-state index in [2.05, 4.69) is 5.10 Å². The highest BCUT2D eigenvalue weighted by molar-refractivity contribution is 5.68. The zero-order valence-corrected chi connectivity index (χ0v) is 23.1. The molecule has 1 N–H and O–H groups in total. The van der Waals surface area contributed by atoms with E-state index < -0.39 is 35.7 Å². The van der Waals surface area contributed by atoms with Crippen molar-refractivity contribution in [3.05, 3.63) is 0 Å². The topological polar surface area (TPSA) is 139 Å². The van der Waals surface area contributed by atoms with Crippen LogP contribution in [0.3, 0.4) is 0 Å². The molecule has 1 rings (SSSR count). The van der Waals surface area contributed by atoms with E-state index >= 15 is 0 Å². The summed E-state index contributed by atoms with van der Waals surface area (Å²) in [5, 5.41) is 3.04. The maximum atomic E-state index is 12.5. The van der Waals surface area contributed by atoms with E-state index in [-0.39, 0.29) is 19.1 Å². The van der Waals surface area contributed by atoms with Crippen molar-refractivity contribution in [2.24, 2.45) is 16.9 Å². The van der Waals surface area contributed by atoms with Crippen molar-refractivity contribution in [2.45, 2.75) is 117 Å². The Morgan fingerprint density at radius 1 is 0.946 bits per heavy atom. The first-order chi connectivity index (χ1) is 17.5. The van der Waals surface area contributed by atoms with Crippen molar-refractivity contribution in [2.75, 3.05) is 13.2 Å². The number of carbonyl (C=O) groups is 3. The minimum Gasteiger partial charge on any atom is -0.442 e. The van der Waals surface area contributed by atoms with Crippen molar-refractivity contribution in [1.29, 1.82) is 0 Å². The minimum absolute atomic E-state index is 0.206. The summed E-state index contributed by atoms with van der Waals surface area (Å²) in [6.45, 7) is 11.6. The molecule has 1 amide bonds. The van der Waals surface area contributed by atoms with Crippen molar-refractivity contribution in [3.63, 3.8) is 0 Å². The molecule has 212 valence electrons. The van der Waals surface area contributed by atoms with Gasteiger partial charge in [0.2, 0.25) is 0 Å². The average molecular weight is 529 g/mol. The molecule has 1 aliphatic rings. The molecule has 0 aliphatic heterocycles. The fourth-order valence-electron chi connectivity index (χ4n) is 4.53. The Labute approximate surface area is 219 Å². The van der Waals surface area contributed by atoms with Crippen molar-refractivity contribution < 1.29 is 42.9 Å². The van der Waals surface area contributed by atoms with Gasteiger partial charge in [0, 0.05) is 0 Å². The number of nitrogens with zero attached hydrogens (tertiary/aromatic N) is 1. The molecule has 3 atom stereocenters. The molecule has 37 heavy (non-hydrogen) atoms. The van der Waals surface area contributed by atoms with E-state index in [0.29, 0.717) is 38.0 Å². The number of isocyanates is 1. The van der Waals surface area contributed by atoms with Crippen LogP contribution in [0.1, 0.15) is 99.3 Å². The maximum Gasteiger partial charge on any atom is 0.508 e. The van der Waals surface area contributed by atoms with Gasteiger partial charge in [0.15, 0.2) is 0 Å². The molecular weight excluding hydrogens is 484 g/mol.